The van der Waals surface area contributed by atoms with Crippen molar-refractivity contribution in [3.05, 3.63) is 69.2 Å². The zero-order valence-corrected chi connectivity index (χ0v) is 11.3. The third-order valence-corrected chi connectivity index (χ3v) is 3.38. The Balaban J connectivity index is 2.23. The SMILES string of the molecule is NC(Cc1ccc(F)cc1F)c1ccc(Cl)cc1Cl. The molecule has 1 nitrogen and oxygen atoms in total. The Morgan fingerprint density at radius 2 is 1.79 bits per heavy atom. The van der Waals surface area contributed by atoms with Crippen molar-refractivity contribution in [3.8, 4) is 0 Å². The Morgan fingerprint density at radius 1 is 1.05 bits per heavy atom. The highest BCUT2D eigenvalue weighted by atomic mass is 35.5. The van der Waals surface area contributed by atoms with Gasteiger partial charge in [0.2, 0.25) is 0 Å². The Kier molecular flexibility index (Phi) is 4.40. The third-order valence-electron chi connectivity index (χ3n) is 2.82. The molecule has 0 radical (unpaired) electrons. The molecule has 5 heteroatoms. The fourth-order valence-electron chi connectivity index (χ4n) is 1.84. The lowest BCUT2D eigenvalue weighted by Crippen LogP contribution is -2.14. The van der Waals surface area contributed by atoms with Crippen LogP contribution in [0, 0.1) is 11.6 Å². The molecule has 0 saturated heterocycles. The van der Waals surface area contributed by atoms with Gasteiger partial charge in [0.1, 0.15) is 11.6 Å². The molecule has 1 unspecified atom stereocenters. The van der Waals surface area contributed by atoms with Crippen molar-refractivity contribution in [1.29, 1.82) is 0 Å². The number of benzene rings is 2. The average Bonchev–Trinajstić information content (AvgIpc) is 2.32. The Morgan fingerprint density at radius 3 is 2.42 bits per heavy atom. The zero-order chi connectivity index (χ0) is 14.0. The molecule has 2 aromatic carbocycles. The smallest absolute Gasteiger partial charge is 0.129 e. The molecule has 0 aliphatic carbocycles. The van der Waals surface area contributed by atoms with Gasteiger partial charge in [0.05, 0.1) is 0 Å². The van der Waals surface area contributed by atoms with Crippen LogP contribution in [0.1, 0.15) is 17.2 Å². The number of hydrogen-bond acceptors (Lipinski definition) is 1. The van der Waals surface area contributed by atoms with Crippen LogP contribution in [0.5, 0.6) is 0 Å². The van der Waals surface area contributed by atoms with Crippen molar-refractivity contribution in [3.63, 3.8) is 0 Å². The van der Waals surface area contributed by atoms with Crippen molar-refractivity contribution in [2.24, 2.45) is 5.73 Å². The second-order valence-electron chi connectivity index (χ2n) is 4.21. The van der Waals surface area contributed by atoms with Crippen LogP contribution in [0.25, 0.3) is 0 Å². The van der Waals surface area contributed by atoms with Gasteiger partial charge in [-0.3, -0.25) is 0 Å². The normalized spacial score (nSPS) is 12.5. The van der Waals surface area contributed by atoms with Crippen LogP contribution >= 0.6 is 23.2 Å². The van der Waals surface area contributed by atoms with E-state index in [2.05, 4.69) is 0 Å². The van der Waals surface area contributed by atoms with Crippen molar-refractivity contribution >= 4 is 23.2 Å². The highest BCUT2D eigenvalue weighted by Gasteiger charge is 2.14. The van der Waals surface area contributed by atoms with E-state index < -0.39 is 17.7 Å². The van der Waals surface area contributed by atoms with E-state index >= 15 is 0 Å². The first-order chi connectivity index (χ1) is 8.97. The summed E-state index contributed by atoms with van der Waals surface area (Å²) in [6, 6.07) is 7.90. The third kappa shape index (κ3) is 3.44. The summed E-state index contributed by atoms with van der Waals surface area (Å²) >= 11 is 11.8. The first kappa shape index (κ1) is 14.3. The minimum Gasteiger partial charge on any atom is -0.324 e. The Bertz CT molecular complexity index is 602. The number of nitrogens with two attached hydrogens (primary N) is 1. The minimum absolute atomic E-state index is 0.230. The highest BCUT2D eigenvalue weighted by molar-refractivity contribution is 6.35. The van der Waals surface area contributed by atoms with Crippen LogP contribution in [0.4, 0.5) is 8.78 Å². The van der Waals surface area contributed by atoms with Gasteiger partial charge in [-0.25, -0.2) is 8.78 Å². The van der Waals surface area contributed by atoms with Gasteiger partial charge in [-0.1, -0.05) is 35.3 Å². The molecule has 2 N–H and O–H groups in total. The molecule has 100 valence electrons. The Labute approximate surface area is 119 Å². The maximum atomic E-state index is 13.5. The second-order valence-corrected chi connectivity index (χ2v) is 5.06. The van der Waals surface area contributed by atoms with Crippen LogP contribution in [0.15, 0.2) is 36.4 Å². The summed E-state index contributed by atoms with van der Waals surface area (Å²) in [5.74, 6) is -1.22. The number of hydrogen-bond donors (Lipinski definition) is 1. The second kappa shape index (κ2) is 5.87. The number of halogens is 4. The van der Waals surface area contributed by atoms with E-state index in [9.17, 15) is 8.78 Å². The van der Waals surface area contributed by atoms with Crippen LogP contribution < -0.4 is 5.73 Å². The van der Waals surface area contributed by atoms with Crippen LogP contribution in [0.2, 0.25) is 10.0 Å². The zero-order valence-electron chi connectivity index (χ0n) is 9.84. The quantitative estimate of drug-likeness (QED) is 0.886. The van der Waals surface area contributed by atoms with Gasteiger partial charge in [0, 0.05) is 22.2 Å². The van der Waals surface area contributed by atoms with E-state index in [1.165, 1.54) is 12.1 Å². The molecule has 0 spiro atoms. The van der Waals surface area contributed by atoms with Crippen LogP contribution in [-0.2, 0) is 6.42 Å². The van der Waals surface area contributed by atoms with Crippen molar-refractivity contribution in [2.45, 2.75) is 12.5 Å². The molecule has 0 aliphatic heterocycles. The summed E-state index contributed by atoms with van der Waals surface area (Å²) in [6.45, 7) is 0. The van der Waals surface area contributed by atoms with E-state index in [1.54, 1.807) is 18.2 Å². The molecular formula is C14H11Cl2F2N. The fourth-order valence-corrected chi connectivity index (χ4v) is 2.38. The molecule has 0 fully saturated rings. The standard InChI is InChI=1S/C14H11Cl2F2N/c15-9-2-4-11(12(16)6-9)14(19)5-8-1-3-10(17)7-13(8)18/h1-4,6-7,14H,5,19H2. The molecule has 0 heterocycles. The molecule has 2 rings (SSSR count). The maximum absolute atomic E-state index is 13.5. The van der Waals surface area contributed by atoms with E-state index in [1.807, 2.05) is 0 Å². The predicted octanol–water partition coefficient (Wildman–Crippen LogP) is 4.51. The molecule has 0 aliphatic rings. The van der Waals surface area contributed by atoms with Crippen LogP contribution in [-0.4, -0.2) is 0 Å². The number of rotatable bonds is 3. The lowest BCUT2D eigenvalue weighted by molar-refractivity contribution is 0.563. The lowest BCUT2D eigenvalue weighted by Gasteiger charge is -2.14. The van der Waals surface area contributed by atoms with E-state index in [4.69, 9.17) is 28.9 Å². The predicted molar refractivity (Wildman–Crippen MR) is 73.5 cm³/mol. The largest absolute Gasteiger partial charge is 0.324 e. The summed E-state index contributed by atoms with van der Waals surface area (Å²) in [5, 5.41) is 0.941. The van der Waals surface area contributed by atoms with E-state index in [0.29, 0.717) is 21.2 Å². The van der Waals surface area contributed by atoms with Crippen LogP contribution in [0.3, 0.4) is 0 Å². The van der Waals surface area contributed by atoms with Gasteiger partial charge in [0.25, 0.3) is 0 Å². The van der Waals surface area contributed by atoms with E-state index in [-0.39, 0.29) is 6.42 Å². The molecule has 2 aromatic rings. The van der Waals surface area contributed by atoms with Gasteiger partial charge in [-0.05, 0) is 35.7 Å². The molecule has 0 saturated carbocycles. The average molecular weight is 302 g/mol. The molecular weight excluding hydrogens is 291 g/mol. The molecule has 0 bridgehead atoms. The minimum atomic E-state index is -0.612. The maximum Gasteiger partial charge on any atom is 0.129 e. The van der Waals surface area contributed by atoms with Crippen molar-refractivity contribution in [2.75, 3.05) is 0 Å². The van der Waals surface area contributed by atoms with Gasteiger partial charge in [-0.2, -0.15) is 0 Å². The van der Waals surface area contributed by atoms with Crippen molar-refractivity contribution in [1.82, 2.24) is 0 Å². The first-order valence-electron chi connectivity index (χ1n) is 5.62. The highest BCUT2D eigenvalue weighted by Crippen LogP contribution is 2.27. The molecule has 1 atom stereocenters. The summed E-state index contributed by atoms with van der Waals surface area (Å²) in [4.78, 5) is 0. The summed E-state index contributed by atoms with van der Waals surface area (Å²) < 4.78 is 26.4. The van der Waals surface area contributed by atoms with Gasteiger partial charge in [0.15, 0.2) is 0 Å². The topological polar surface area (TPSA) is 26.0 Å². The van der Waals surface area contributed by atoms with Crippen molar-refractivity contribution < 1.29 is 8.78 Å². The fraction of sp³-hybridized carbons (Fsp3) is 0.143. The van der Waals surface area contributed by atoms with Gasteiger partial charge >= 0.3 is 0 Å². The monoisotopic (exact) mass is 301 g/mol. The summed E-state index contributed by atoms with van der Waals surface area (Å²) in [5.41, 5.74) is 7.02. The van der Waals surface area contributed by atoms with E-state index in [0.717, 1.165) is 6.07 Å². The molecule has 0 aromatic heterocycles. The Hall–Kier alpha value is -1.16. The summed E-state index contributed by atoms with van der Waals surface area (Å²) in [6.07, 6.45) is 0.230. The molecule has 19 heavy (non-hydrogen) atoms. The molecule has 0 amide bonds. The first-order valence-corrected chi connectivity index (χ1v) is 6.37. The van der Waals surface area contributed by atoms with Gasteiger partial charge < -0.3 is 5.73 Å². The van der Waals surface area contributed by atoms with Gasteiger partial charge in [-0.15, -0.1) is 0 Å². The summed E-state index contributed by atoms with van der Waals surface area (Å²) in [7, 11) is 0. The lowest BCUT2D eigenvalue weighted by atomic mass is 9.99.